The van der Waals surface area contributed by atoms with Crippen molar-refractivity contribution in [2.24, 2.45) is 0 Å². The van der Waals surface area contributed by atoms with Crippen LogP contribution in [0.5, 0.6) is 0 Å². The molecule has 0 atom stereocenters. The third-order valence-electron chi connectivity index (χ3n) is 3.01. The number of hydrogen-bond donors (Lipinski definition) is 0. The minimum atomic E-state index is -0.400. The quantitative estimate of drug-likeness (QED) is 0.629. The Bertz CT molecular complexity index is 576. The number of halogens is 2. The summed E-state index contributed by atoms with van der Waals surface area (Å²) in [7, 11) is 1.46. The molecule has 100 valence electrons. The van der Waals surface area contributed by atoms with Gasteiger partial charge in [-0.15, -0.1) is 0 Å². The van der Waals surface area contributed by atoms with Crippen molar-refractivity contribution in [2.75, 3.05) is 7.11 Å². The van der Waals surface area contributed by atoms with E-state index in [1.807, 2.05) is 0 Å². The minimum Gasteiger partial charge on any atom is -0.500 e. The van der Waals surface area contributed by atoms with Crippen LogP contribution in [0.25, 0.3) is 0 Å². The molecule has 0 aliphatic heterocycles. The lowest BCUT2D eigenvalue weighted by molar-refractivity contribution is -0.116. The van der Waals surface area contributed by atoms with Gasteiger partial charge in [0.2, 0.25) is 5.78 Å². The van der Waals surface area contributed by atoms with Crippen molar-refractivity contribution in [1.29, 1.82) is 0 Å². The molecule has 1 aliphatic carbocycles. The van der Waals surface area contributed by atoms with E-state index in [0.717, 1.165) is 0 Å². The maximum atomic E-state index is 12.4. The van der Waals surface area contributed by atoms with E-state index >= 15 is 0 Å². The molecule has 19 heavy (non-hydrogen) atoms. The highest BCUT2D eigenvalue weighted by molar-refractivity contribution is 6.39. The number of hydrogen-bond acceptors (Lipinski definition) is 3. The van der Waals surface area contributed by atoms with Crippen LogP contribution < -0.4 is 0 Å². The van der Waals surface area contributed by atoms with Gasteiger partial charge in [-0.05, 0) is 24.6 Å². The zero-order valence-corrected chi connectivity index (χ0v) is 11.8. The van der Waals surface area contributed by atoms with E-state index in [9.17, 15) is 9.59 Å². The van der Waals surface area contributed by atoms with Crippen LogP contribution in [0, 0.1) is 0 Å². The van der Waals surface area contributed by atoms with Crippen LogP contribution in [0.15, 0.2) is 29.5 Å². The fraction of sp³-hybridized carbons (Fsp3) is 0.286. The largest absolute Gasteiger partial charge is 0.500 e. The van der Waals surface area contributed by atoms with Crippen molar-refractivity contribution >= 4 is 34.8 Å². The zero-order chi connectivity index (χ0) is 14.0. The van der Waals surface area contributed by atoms with Crippen LogP contribution in [0.3, 0.4) is 0 Å². The molecular formula is C14H12Cl2O3. The molecule has 1 aromatic carbocycles. The standard InChI is InChI=1S/C14H12Cl2O3/c1-19-12-4-2-3-11(17)13(12)14(18)9-6-5-8(15)7-10(9)16/h5-7H,2-4H2,1H3. The molecule has 1 aliphatic rings. The highest BCUT2D eigenvalue weighted by Gasteiger charge is 2.29. The summed E-state index contributed by atoms with van der Waals surface area (Å²) in [5.41, 5.74) is 0.379. The first-order chi connectivity index (χ1) is 9.04. The number of carbonyl (C=O) groups excluding carboxylic acids is 2. The second kappa shape index (κ2) is 5.76. The number of methoxy groups -OCH3 is 1. The summed E-state index contributed by atoms with van der Waals surface area (Å²) in [6.07, 6.45) is 1.65. The average Bonchev–Trinajstić information content (AvgIpc) is 2.37. The minimum absolute atomic E-state index is 0.109. The molecule has 0 aromatic heterocycles. The Morgan fingerprint density at radius 3 is 2.63 bits per heavy atom. The Hall–Kier alpha value is -1.32. The van der Waals surface area contributed by atoms with Gasteiger partial charge in [-0.2, -0.15) is 0 Å². The van der Waals surface area contributed by atoms with E-state index in [0.29, 0.717) is 30.0 Å². The van der Waals surface area contributed by atoms with Crippen LogP contribution in [-0.2, 0) is 9.53 Å². The molecule has 1 aromatic rings. The maximum absolute atomic E-state index is 12.4. The highest BCUT2D eigenvalue weighted by atomic mass is 35.5. The summed E-state index contributed by atoms with van der Waals surface area (Å²) >= 11 is 11.8. The van der Waals surface area contributed by atoms with Crippen molar-refractivity contribution in [3.8, 4) is 0 Å². The van der Waals surface area contributed by atoms with Gasteiger partial charge in [0.15, 0.2) is 5.78 Å². The lowest BCUT2D eigenvalue weighted by Gasteiger charge is -2.17. The lowest BCUT2D eigenvalue weighted by Crippen LogP contribution is -2.20. The van der Waals surface area contributed by atoms with E-state index in [4.69, 9.17) is 27.9 Å². The van der Waals surface area contributed by atoms with E-state index in [2.05, 4.69) is 0 Å². The van der Waals surface area contributed by atoms with Gasteiger partial charge < -0.3 is 4.74 Å². The van der Waals surface area contributed by atoms with Gasteiger partial charge in [0.05, 0.1) is 12.1 Å². The monoisotopic (exact) mass is 298 g/mol. The smallest absolute Gasteiger partial charge is 0.201 e. The van der Waals surface area contributed by atoms with E-state index in [-0.39, 0.29) is 21.9 Å². The first-order valence-electron chi connectivity index (χ1n) is 5.84. The predicted octanol–water partition coefficient (Wildman–Crippen LogP) is 3.83. The molecule has 0 N–H and O–H groups in total. The second-order valence-corrected chi connectivity index (χ2v) is 5.08. The van der Waals surface area contributed by atoms with E-state index < -0.39 is 5.78 Å². The van der Waals surface area contributed by atoms with Crippen molar-refractivity contribution < 1.29 is 14.3 Å². The molecule has 5 heteroatoms. The summed E-state index contributed by atoms with van der Waals surface area (Å²) in [4.78, 5) is 24.4. The number of benzene rings is 1. The van der Waals surface area contributed by atoms with Gasteiger partial charge in [-0.3, -0.25) is 9.59 Å². The molecule has 0 spiro atoms. The van der Waals surface area contributed by atoms with Crippen LogP contribution in [0.4, 0.5) is 0 Å². The molecule has 0 heterocycles. The lowest BCUT2D eigenvalue weighted by atomic mass is 9.90. The van der Waals surface area contributed by atoms with Crippen LogP contribution in [0.2, 0.25) is 10.0 Å². The number of carbonyl (C=O) groups is 2. The van der Waals surface area contributed by atoms with Gasteiger partial charge in [0.1, 0.15) is 11.3 Å². The summed E-state index contributed by atoms with van der Waals surface area (Å²) in [6.45, 7) is 0. The molecule has 0 fully saturated rings. The summed E-state index contributed by atoms with van der Waals surface area (Å²) in [5, 5.41) is 0.677. The Kier molecular flexibility index (Phi) is 4.27. The van der Waals surface area contributed by atoms with Crippen molar-refractivity contribution in [2.45, 2.75) is 19.3 Å². The van der Waals surface area contributed by atoms with Gasteiger partial charge in [0, 0.05) is 23.4 Å². The summed E-state index contributed by atoms with van der Waals surface area (Å²) in [5.74, 6) is -0.158. The number of ketones is 2. The SMILES string of the molecule is COC1=C(C(=O)c2ccc(Cl)cc2Cl)C(=O)CCC1. The van der Waals surface area contributed by atoms with Crippen LogP contribution >= 0.6 is 23.2 Å². The molecule has 0 saturated heterocycles. The van der Waals surface area contributed by atoms with E-state index in [1.54, 1.807) is 6.07 Å². The van der Waals surface area contributed by atoms with Crippen molar-refractivity contribution in [3.05, 3.63) is 45.1 Å². The third kappa shape index (κ3) is 2.82. The van der Waals surface area contributed by atoms with Gasteiger partial charge in [-0.25, -0.2) is 0 Å². The Labute approximate surface area is 121 Å². The first kappa shape index (κ1) is 14.1. The maximum Gasteiger partial charge on any atom is 0.201 e. The van der Waals surface area contributed by atoms with Crippen LogP contribution in [-0.4, -0.2) is 18.7 Å². The van der Waals surface area contributed by atoms with Crippen LogP contribution in [0.1, 0.15) is 29.6 Å². The molecule has 3 nitrogen and oxygen atoms in total. The summed E-state index contributed by atoms with van der Waals surface area (Å²) < 4.78 is 5.15. The summed E-state index contributed by atoms with van der Waals surface area (Å²) in [6, 6.07) is 4.58. The van der Waals surface area contributed by atoms with Gasteiger partial charge in [-0.1, -0.05) is 23.2 Å². The molecule has 0 saturated carbocycles. The average molecular weight is 299 g/mol. The van der Waals surface area contributed by atoms with Gasteiger partial charge in [0.25, 0.3) is 0 Å². The zero-order valence-electron chi connectivity index (χ0n) is 10.3. The van der Waals surface area contributed by atoms with E-state index in [1.165, 1.54) is 19.2 Å². The topological polar surface area (TPSA) is 43.4 Å². The molecule has 0 radical (unpaired) electrons. The Morgan fingerprint density at radius 1 is 1.26 bits per heavy atom. The normalized spacial score (nSPS) is 15.6. The third-order valence-corrected chi connectivity index (χ3v) is 3.56. The molecule has 0 amide bonds. The fourth-order valence-electron chi connectivity index (χ4n) is 2.08. The fourth-order valence-corrected chi connectivity index (χ4v) is 2.57. The number of ether oxygens (including phenoxy) is 1. The van der Waals surface area contributed by atoms with Crippen molar-refractivity contribution in [1.82, 2.24) is 0 Å². The first-order valence-corrected chi connectivity index (χ1v) is 6.60. The molecule has 0 unspecified atom stereocenters. The second-order valence-electron chi connectivity index (χ2n) is 4.23. The molecule has 2 rings (SSSR count). The molecular weight excluding hydrogens is 287 g/mol. The number of Topliss-reactive ketones (excluding diaryl/α,β-unsaturated/α-hetero) is 2. The highest BCUT2D eigenvalue weighted by Crippen LogP contribution is 2.29. The Morgan fingerprint density at radius 2 is 2.00 bits per heavy atom. The number of rotatable bonds is 3. The Balaban J connectivity index is 2.47. The number of allylic oxidation sites excluding steroid dienone is 2. The predicted molar refractivity (Wildman–Crippen MR) is 73.7 cm³/mol. The molecule has 0 bridgehead atoms. The van der Waals surface area contributed by atoms with Gasteiger partial charge >= 0.3 is 0 Å². The van der Waals surface area contributed by atoms with Crippen molar-refractivity contribution in [3.63, 3.8) is 0 Å².